The van der Waals surface area contributed by atoms with Crippen molar-refractivity contribution in [3.05, 3.63) is 29.8 Å². The monoisotopic (exact) mass is 283 g/mol. The number of ether oxygens (including phenoxy) is 1. The summed E-state index contributed by atoms with van der Waals surface area (Å²) in [6.45, 7) is 1.03. The zero-order chi connectivity index (χ0) is 14.8. The first kappa shape index (κ1) is 16.1. The van der Waals surface area contributed by atoms with E-state index in [1.54, 1.807) is 12.1 Å². The van der Waals surface area contributed by atoms with Gasteiger partial charge in [-0.1, -0.05) is 18.2 Å². The number of aliphatic hydroxyl groups excluding tert-OH is 2. The molecule has 0 radical (unpaired) electrons. The average molecular weight is 283 g/mol. The molecule has 0 fully saturated rings. The van der Waals surface area contributed by atoms with Gasteiger partial charge in [-0.2, -0.15) is 4.89 Å². The molecule has 1 aromatic carbocycles. The summed E-state index contributed by atoms with van der Waals surface area (Å²) in [5, 5.41) is 17.3. The third-order valence-corrected chi connectivity index (χ3v) is 2.15. The second-order valence-electron chi connectivity index (χ2n) is 3.69. The molecule has 0 aliphatic carbocycles. The van der Waals surface area contributed by atoms with E-state index in [-0.39, 0.29) is 32.3 Å². The first-order chi connectivity index (χ1) is 9.69. The lowest BCUT2D eigenvalue weighted by Gasteiger charge is -2.08. The Morgan fingerprint density at radius 3 is 2.55 bits per heavy atom. The maximum Gasteiger partial charge on any atom is 0.427 e. The lowest BCUT2D eigenvalue weighted by molar-refractivity contribution is -0.269. The number of nitrogens with zero attached hydrogens (tertiary/aromatic N) is 1. The summed E-state index contributed by atoms with van der Waals surface area (Å²) in [7, 11) is 0. The highest BCUT2D eigenvalue weighted by Gasteiger charge is 2.17. The van der Waals surface area contributed by atoms with Crippen LogP contribution in [0.3, 0.4) is 0 Å². The molecule has 20 heavy (non-hydrogen) atoms. The van der Waals surface area contributed by atoms with E-state index in [1.165, 1.54) is 0 Å². The smallest absolute Gasteiger partial charge is 0.427 e. The second kappa shape index (κ2) is 9.03. The molecular weight excluding hydrogens is 266 g/mol. The van der Waals surface area contributed by atoms with Crippen LogP contribution in [0.2, 0.25) is 0 Å². The van der Waals surface area contributed by atoms with Gasteiger partial charge in [-0.15, -0.1) is 0 Å². The minimum Gasteiger partial charge on any atom is -0.470 e. The van der Waals surface area contributed by atoms with Crippen LogP contribution in [-0.4, -0.2) is 48.5 Å². The van der Waals surface area contributed by atoms with Gasteiger partial charge in [0.2, 0.25) is 0 Å². The predicted octanol–water partition coefficient (Wildman–Crippen LogP) is 0.501. The molecule has 0 aromatic heterocycles. The van der Waals surface area contributed by atoms with Crippen LogP contribution >= 0.6 is 0 Å². The van der Waals surface area contributed by atoms with Crippen LogP contribution in [0.25, 0.3) is 0 Å². The van der Waals surface area contributed by atoms with E-state index in [1.807, 2.05) is 19.1 Å². The van der Waals surface area contributed by atoms with Gasteiger partial charge in [0.05, 0.1) is 18.9 Å². The molecule has 0 saturated heterocycles. The standard InChI is InChI=1S/C13H17NO6/c1-10-4-2-3-5-11(10)14-12(18-8-6-15)13(17)20-19-9-7-16/h2-5,15-16H,6-9H2,1H3. The molecule has 0 unspecified atom stereocenters. The number of hydrogen-bond acceptors (Lipinski definition) is 7. The van der Waals surface area contributed by atoms with E-state index in [9.17, 15) is 4.79 Å². The van der Waals surface area contributed by atoms with Gasteiger partial charge in [-0.25, -0.2) is 9.79 Å². The SMILES string of the molecule is Cc1ccccc1N=C(OCCO)C(=O)OOCCO. The molecule has 7 heteroatoms. The van der Waals surface area contributed by atoms with Crippen LogP contribution in [0, 0.1) is 6.92 Å². The van der Waals surface area contributed by atoms with Crippen LogP contribution in [-0.2, 0) is 19.3 Å². The van der Waals surface area contributed by atoms with E-state index in [0.29, 0.717) is 5.69 Å². The first-order valence-corrected chi connectivity index (χ1v) is 6.01. The van der Waals surface area contributed by atoms with Crippen molar-refractivity contribution in [2.45, 2.75) is 6.92 Å². The molecule has 0 aliphatic heterocycles. The molecule has 0 heterocycles. The van der Waals surface area contributed by atoms with Gasteiger partial charge >= 0.3 is 11.9 Å². The Bertz CT molecular complexity index is 460. The summed E-state index contributed by atoms with van der Waals surface area (Å²) in [5.74, 6) is -1.26. The summed E-state index contributed by atoms with van der Waals surface area (Å²) in [5.41, 5.74) is 1.39. The average Bonchev–Trinajstić information content (AvgIpc) is 2.45. The third-order valence-electron chi connectivity index (χ3n) is 2.15. The van der Waals surface area contributed by atoms with E-state index >= 15 is 0 Å². The number of carbonyl (C=O) groups is 1. The fourth-order valence-electron chi connectivity index (χ4n) is 1.25. The van der Waals surface area contributed by atoms with Crippen LogP contribution in [0.5, 0.6) is 0 Å². The highest BCUT2D eigenvalue weighted by Crippen LogP contribution is 2.17. The Balaban J connectivity index is 2.82. The molecule has 0 saturated carbocycles. The highest BCUT2D eigenvalue weighted by molar-refractivity contribution is 6.33. The van der Waals surface area contributed by atoms with Crippen molar-refractivity contribution in [1.82, 2.24) is 0 Å². The number of rotatable bonds is 6. The van der Waals surface area contributed by atoms with E-state index in [2.05, 4.69) is 14.8 Å². The molecular formula is C13H17NO6. The molecule has 0 bridgehead atoms. The summed E-state index contributed by atoms with van der Waals surface area (Å²) >= 11 is 0. The molecule has 1 rings (SSSR count). The molecule has 110 valence electrons. The molecule has 7 nitrogen and oxygen atoms in total. The molecule has 0 spiro atoms. The summed E-state index contributed by atoms with van der Waals surface area (Å²) in [6.07, 6.45) is 0. The van der Waals surface area contributed by atoms with Gasteiger partial charge in [0, 0.05) is 0 Å². The fraction of sp³-hybridized carbons (Fsp3) is 0.385. The third kappa shape index (κ3) is 5.35. The maximum absolute atomic E-state index is 11.7. The minimum absolute atomic E-state index is 0.0974. The molecule has 2 N–H and O–H groups in total. The molecule has 0 atom stereocenters. The zero-order valence-electron chi connectivity index (χ0n) is 11.1. The van der Waals surface area contributed by atoms with Gasteiger partial charge in [0.25, 0.3) is 0 Å². The maximum atomic E-state index is 11.7. The van der Waals surface area contributed by atoms with Crippen molar-refractivity contribution in [3.8, 4) is 0 Å². The number of aliphatic imine (C=N–C) groups is 1. The van der Waals surface area contributed by atoms with E-state index < -0.39 is 5.97 Å². The van der Waals surface area contributed by atoms with E-state index in [0.717, 1.165) is 5.56 Å². The van der Waals surface area contributed by atoms with Crippen LogP contribution in [0.15, 0.2) is 29.3 Å². The van der Waals surface area contributed by atoms with Crippen LogP contribution in [0.4, 0.5) is 5.69 Å². The highest BCUT2D eigenvalue weighted by atomic mass is 17.2. The van der Waals surface area contributed by atoms with Gasteiger partial charge in [0.1, 0.15) is 13.2 Å². The number of carbonyl (C=O) groups excluding carboxylic acids is 1. The fourth-order valence-corrected chi connectivity index (χ4v) is 1.25. The Hall–Kier alpha value is -1.96. The zero-order valence-corrected chi connectivity index (χ0v) is 11.1. The summed E-state index contributed by atoms with van der Waals surface area (Å²) in [6, 6.07) is 7.14. The van der Waals surface area contributed by atoms with Gasteiger partial charge in [-0.3, -0.25) is 4.89 Å². The quantitative estimate of drug-likeness (QED) is 0.259. The first-order valence-electron chi connectivity index (χ1n) is 6.01. The largest absolute Gasteiger partial charge is 0.470 e. The summed E-state index contributed by atoms with van der Waals surface area (Å²) < 4.78 is 5.03. The van der Waals surface area contributed by atoms with Crippen LogP contribution < -0.4 is 0 Å². The van der Waals surface area contributed by atoms with Crippen molar-refractivity contribution in [1.29, 1.82) is 0 Å². The van der Waals surface area contributed by atoms with Crippen molar-refractivity contribution in [2.75, 3.05) is 26.4 Å². The van der Waals surface area contributed by atoms with Crippen molar-refractivity contribution in [2.24, 2.45) is 4.99 Å². The van der Waals surface area contributed by atoms with E-state index in [4.69, 9.17) is 14.9 Å². The van der Waals surface area contributed by atoms with Gasteiger partial charge in [0.15, 0.2) is 0 Å². The number of benzene rings is 1. The van der Waals surface area contributed by atoms with Gasteiger partial charge < -0.3 is 14.9 Å². The molecule has 0 aliphatic rings. The minimum atomic E-state index is -0.935. The van der Waals surface area contributed by atoms with Crippen LogP contribution in [0.1, 0.15) is 5.56 Å². The Labute approximate surface area is 116 Å². The predicted molar refractivity (Wildman–Crippen MR) is 70.4 cm³/mol. The topological polar surface area (TPSA) is 97.6 Å². The number of para-hydroxylation sites is 1. The normalized spacial score (nSPS) is 11.2. The Kier molecular flexibility index (Phi) is 7.26. The number of aryl methyl sites for hydroxylation is 1. The van der Waals surface area contributed by atoms with Crippen molar-refractivity contribution in [3.63, 3.8) is 0 Å². The number of aliphatic hydroxyl groups is 2. The molecule has 0 amide bonds. The Morgan fingerprint density at radius 1 is 1.20 bits per heavy atom. The second-order valence-corrected chi connectivity index (χ2v) is 3.69. The lowest BCUT2D eigenvalue weighted by atomic mass is 10.2. The van der Waals surface area contributed by atoms with Crippen molar-refractivity contribution >= 4 is 17.6 Å². The number of hydrogen-bond donors (Lipinski definition) is 2. The lowest BCUT2D eigenvalue weighted by Crippen LogP contribution is -2.23. The molecule has 1 aromatic rings. The summed E-state index contributed by atoms with van der Waals surface area (Å²) in [4.78, 5) is 24.6. The van der Waals surface area contributed by atoms with Crippen molar-refractivity contribution < 1.29 is 29.5 Å². The Morgan fingerprint density at radius 2 is 1.90 bits per heavy atom. The van der Waals surface area contributed by atoms with Gasteiger partial charge in [-0.05, 0) is 18.6 Å².